The van der Waals surface area contributed by atoms with Gasteiger partial charge in [-0.25, -0.2) is 4.79 Å². The zero-order valence-corrected chi connectivity index (χ0v) is 11.9. The van der Waals surface area contributed by atoms with Crippen molar-refractivity contribution >= 4 is 45.1 Å². The van der Waals surface area contributed by atoms with Crippen molar-refractivity contribution in [1.29, 1.82) is 0 Å². The Morgan fingerprint density at radius 3 is 2.90 bits per heavy atom. The van der Waals surface area contributed by atoms with E-state index in [0.29, 0.717) is 5.02 Å². The lowest BCUT2D eigenvalue weighted by Crippen LogP contribution is -2.31. The lowest BCUT2D eigenvalue weighted by Gasteiger charge is -2.10. The number of amides is 3. The van der Waals surface area contributed by atoms with Crippen LogP contribution in [0.3, 0.4) is 0 Å². The first-order valence-corrected chi connectivity index (χ1v) is 7.46. The van der Waals surface area contributed by atoms with Crippen molar-refractivity contribution in [3.8, 4) is 0 Å². The first-order chi connectivity index (χ1) is 9.59. The number of thiophene rings is 1. The van der Waals surface area contributed by atoms with Crippen LogP contribution in [0, 0.1) is 0 Å². The van der Waals surface area contributed by atoms with Crippen LogP contribution in [-0.2, 0) is 11.3 Å². The second-order valence-electron chi connectivity index (χ2n) is 5.12. The van der Waals surface area contributed by atoms with E-state index < -0.39 is 5.54 Å². The summed E-state index contributed by atoms with van der Waals surface area (Å²) in [6.45, 7) is 0.282. The summed E-state index contributed by atoms with van der Waals surface area (Å²) in [6, 6.07) is 3.31. The van der Waals surface area contributed by atoms with Crippen LogP contribution in [0.25, 0.3) is 10.2 Å². The maximum absolute atomic E-state index is 12.2. The van der Waals surface area contributed by atoms with Gasteiger partial charge in [0, 0.05) is 11.1 Å². The minimum atomic E-state index is -0.594. The summed E-state index contributed by atoms with van der Waals surface area (Å²) in [5, 5.41) is 3.41. The Kier molecular flexibility index (Phi) is 2.38. The van der Waals surface area contributed by atoms with E-state index in [2.05, 4.69) is 10.3 Å². The average molecular weight is 308 g/mol. The molecule has 2 fully saturated rings. The number of halogens is 1. The van der Waals surface area contributed by atoms with Gasteiger partial charge in [-0.1, -0.05) is 11.6 Å². The number of fused-ring (bicyclic) bond motifs is 1. The topological polar surface area (TPSA) is 62.3 Å². The highest BCUT2D eigenvalue weighted by Gasteiger charge is 2.59. The second kappa shape index (κ2) is 3.93. The second-order valence-corrected chi connectivity index (χ2v) is 6.67. The zero-order chi connectivity index (χ0) is 13.9. The highest BCUT2D eigenvalue weighted by Crippen LogP contribution is 2.41. The normalized spacial score (nSPS) is 19.9. The Labute approximate surface area is 123 Å². The van der Waals surface area contributed by atoms with E-state index in [1.165, 1.54) is 16.2 Å². The van der Waals surface area contributed by atoms with Crippen molar-refractivity contribution < 1.29 is 9.59 Å². The maximum Gasteiger partial charge on any atom is 0.325 e. The summed E-state index contributed by atoms with van der Waals surface area (Å²) in [6.07, 6.45) is 3.13. The number of urea groups is 1. The third kappa shape index (κ3) is 1.65. The number of pyridine rings is 1. The number of rotatable bonds is 2. The molecule has 1 N–H and O–H groups in total. The van der Waals surface area contributed by atoms with Gasteiger partial charge in [-0.2, -0.15) is 0 Å². The third-order valence-corrected chi connectivity index (χ3v) is 5.29. The van der Waals surface area contributed by atoms with E-state index in [-0.39, 0.29) is 18.5 Å². The van der Waals surface area contributed by atoms with Crippen molar-refractivity contribution in [2.45, 2.75) is 24.9 Å². The van der Waals surface area contributed by atoms with Crippen molar-refractivity contribution in [2.24, 2.45) is 0 Å². The van der Waals surface area contributed by atoms with Gasteiger partial charge >= 0.3 is 6.03 Å². The van der Waals surface area contributed by atoms with E-state index in [1.54, 1.807) is 12.3 Å². The van der Waals surface area contributed by atoms with Gasteiger partial charge < -0.3 is 5.32 Å². The highest BCUT2D eigenvalue weighted by molar-refractivity contribution is 7.19. The number of aromatic nitrogens is 1. The maximum atomic E-state index is 12.2. The molecule has 0 unspecified atom stereocenters. The Balaban J connectivity index is 1.66. The van der Waals surface area contributed by atoms with Gasteiger partial charge in [0.1, 0.15) is 5.54 Å². The number of hydrogen-bond donors (Lipinski definition) is 1. The van der Waals surface area contributed by atoms with Crippen LogP contribution in [0.4, 0.5) is 4.79 Å². The molecule has 4 rings (SSSR count). The highest BCUT2D eigenvalue weighted by atomic mass is 35.5. The predicted octanol–water partition coefficient (Wildman–Crippen LogP) is 2.53. The lowest BCUT2D eigenvalue weighted by molar-refractivity contribution is -0.128. The first-order valence-electron chi connectivity index (χ1n) is 6.26. The average Bonchev–Trinajstić information content (AvgIpc) is 3.00. The zero-order valence-electron chi connectivity index (χ0n) is 10.4. The SMILES string of the molecule is O=C1NC2(CC2)C(=O)N1Cc1cc2nccc(Cl)c2s1. The molecule has 0 bridgehead atoms. The number of nitrogens with one attached hydrogen (secondary N) is 1. The monoisotopic (exact) mass is 307 g/mol. The van der Waals surface area contributed by atoms with Crippen LogP contribution >= 0.6 is 22.9 Å². The molecule has 1 spiro atoms. The fourth-order valence-corrected chi connectivity index (χ4v) is 3.75. The number of imide groups is 1. The molecule has 0 radical (unpaired) electrons. The molecule has 20 heavy (non-hydrogen) atoms. The number of carbonyl (C=O) groups excluding carboxylic acids is 2. The molecule has 102 valence electrons. The summed E-state index contributed by atoms with van der Waals surface area (Å²) in [5.41, 5.74) is 0.203. The Bertz CT molecular complexity index is 753. The summed E-state index contributed by atoms with van der Waals surface area (Å²) in [5.74, 6) is -0.112. The standard InChI is InChI=1S/C13H10ClN3O2S/c14-8-1-4-15-9-5-7(20-10(8)9)6-17-11(18)13(2-3-13)16-12(17)19/h1,4-5H,2-3,6H2,(H,16,19). The molecular weight excluding hydrogens is 298 g/mol. The van der Waals surface area contributed by atoms with Crippen LogP contribution < -0.4 is 5.32 Å². The Hall–Kier alpha value is -1.66. The van der Waals surface area contributed by atoms with Gasteiger partial charge in [-0.15, -0.1) is 11.3 Å². The largest absolute Gasteiger partial charge is 0.325 e. The van der Waals surface area contributed by atoms with E-state index in [9.17, 15) is 9.59 Å². The van der Waals surface area contributed by atoms with Crippen molar-refractivity contribution in [2.75, 3.05) is 0 Å². The molecule has 1 saturated heterocycles. The molecule has 5 nitrogen and oxygen atoms in total. The molecule has 2 aliphatic rings. The molecule has 1 aliphatic carbocycles. The van der Waals surface area contributed by atoms with E-state index in [1.807, 2.05) is 6.07 Å². The van der Waals surface area contributed by atoms with E-state index in [0.717, 1.165) is 27.9 Å². The smallest absolute Gasteiger partial charge is 0.323 e. The number of carbonyl (C=O) groups is 2. The minimum absolute atomic E-state index is 0.112. The van der Waals surface area contributed by atoms with Gasteiger partial charge in [0.2, 0.25) is 0 Å². The van der Waals surface area contributed by atoms with Gasteiger partial charge in [0.05, 0.1) is 21.8 Å². The van der Waals surface area contributed by atoms with Crippen LogP contribution in [-0.4, -0.2) is 27.4 Å². The molecule has 0 atom stereocenters. The van der Waals surface area contributed by atoms with E-state index in [4.69, 9.17) is 11.6 Å². The van der Waals surface area contributed by atoms with Crippen molar-refractivity contribution in [3.63, 3.8) is 0 Å². The van der Waals surface area contributed by atoms with Gasteiger partial charge in [-0.05, 0) is 25.0 Å². The predicted molar refractivity (Wildman–Crippen MR) is 75.7 cm³/mol. The number of hydrogen-bond acceptors (Lipinski definition) is 4. The molecule has 3 heterocycles. The molecule has 1 saturated carbocycles. The fourth-order valence-electron chi connectivity index (χ4n) is 2.47. The summed E-state index contributed by atoms with van der Waals surface area (Å²) < 4.78 is 0.886. The molecule has 7 heteroatoms. The lowest BCUT2D eigenvalue weighted by atomic mass is 10.2. The third-order valence-electron chi connectivity index (χ3n) is 3.72. The fraction of sp³-hybridized carbons (Fsp3) is 0.308. The molecule has 0 aromatic carbocycles. The van der Waals surface area contributed by atoms with Gasteiger partial charge in [0.15, 0.2) is 0 Å². The van der Waals surface area contributed by atoms with E-state index >= 15 is 0 Å². The Morgan fingerprint density at radius 2 is 2.25 bits per heavy atom. The van der Waals surface area contributed by atoms with Gasteiger partial charge in [-0.3, -0.25) is 14.7 Å². The quantitative estimate of drug-likeness (QED) is 0.867. The van der Waals surface area contributed by atoms with Gasteiger partial charge in [0.25, 0.3) is 5.91 Å². The van der Waals surface area contributed by atoms with Crippen LogP contribution in [0.15, 0.2) is 18.3 Å². The molecule has 1 aliphatic heterocycles. The minimum Gasteiger partial charge on any atom is -0.323 e. The van der Waals surface area contributed by atoms with Crippen molar-refractivity contribution in [1.82, 2.24) is 15.2 Å². The Morgan fingerprint density at radius 1 is 1.45 bits per heavy atom. The molecule has 2 aromatic heterocycles. The molecule has 3 amide bonds. The molecule has 2 aromatic rings. The first kappa shape index (κ1) is 12.1. The van der Waals surface area contributed by atoms with Crippen molar-refractivity contribution in [3.05, 3.63) is 28.2 Å². The summed E-state index contributed by atoms with van der Waals surface area (Å²) in [4.78, 5) is 30.5. The van der Waals surface area contributed by atoms with Crippen LogP contribution in [0.5, 0.6) is 0 Å². The summed E-state index contributed by atoms with van der Waals surface area (Å²) in [7, 11) is 0. The molecular formula is C13H10ClN3O2S. The number of nitrogens with zero attached hydrogens (tertiary/aromatic N) is 2. The van der Waals surface area contributed by atoms with Crippen LogP contribution in [0.2, 0.25) is 5.02 Å². The van der Waals surface area contributed by atoms with Crippen LogP contribution in [0.1, 0.15) is 17.7 Å². The summed E-state index contributed by atoms with van der Waals surface area (Å²) >= 11 is 7.58.